The molecule has 0 aliphatic carbocycles. The van der Waals surface area contributed by atoms with Gasteiger partial charge in [-0.25, -0.2) is 4.79 Å². The van der Waals surface area contributed by atoms with Crippen LogP contribution in [-0.4, -0.2) is 13.1 Å². The molecule has 0 fully saturated rings. The van der Waals surface area contributed by atoms with Crippen LogP contribution in [0.2, 0.25) is 0 Å². The SMILES string of the molecule is COC(=O)c1ccc([C@@H](N)c2ccsc2)cc1. The summed E-state index contributed by atoms with van der Waals surface area (Å²) >= 11 is 1.62. The van der Waals surface area contributed by atoms with Gasteiger partial charge in [0.2, 0.25) is 0 Å². The molecule has 0 spiro atoms. The summed E-state index contributed by atoms with van der Waals surface area (Å²) in [6.07, 6.45) is 0. The number of thiophene rings is 1. The lowest BCUT2D eigenvalue weighted by Gasteiger charge is -2.10. The molecule has 2 aromatic rings. The number of esters is 1. The molecule has 0 saturated heterocycles. The quantitative estimate of drug-likeness (QED) is 0.848. The van der Waals surface area contributed by atoms with Crippen LogP contribution in [0.5, 0.6) is 0 Å². The molecule has 88 valence electrons. The summed E-state index contributed by atoms with van der Waals surface area (Å²) in [5.74, 6) is -0.333. The van der Waals surface area contributed by atoms with E-state index in [1.165, 1.54) is 7.11 Å². The average Bonchev–Trinajstić information content (AvgIpc) is 2.91. The summed E-state index contributed by atoms with van der Waals surface area (Å²) in [6.45, 7) is 0. The van der Waals surface area contributed by atoms with Crippen LogP contribution in [0.1, 0.15) is 27.5 Å². The molecule has 0 radical (unpaired) electrons. The van der Waals surface area contributed by atoms with Crippen molar-refractivity contribution in [1.82, 2.24) is 0 Å². The third-order valence-corrected chi connectivity index (χ3v) is 3.29. The topological polar surface area (TPSA) is 52.3 Å². The minimum Gasteiger partial charge on any atom is -0.465 e. The lowest BCUT2D eigenvalue weighted by Crippen LogP contribution is -2.11. The van der Waals surface area contributed by atoms with Gasteiger partial charge in [0.25, 0.3) is 0 Å². The smallest absolute Gasteiger partial charge is 0.337 e. The molecule has 0 saturated carbocycles. The molecule has 1 aromatic carbocycles. The summed E-state index contributed by atoms with van der Waals surface area (Å²) in [5.41, 5.74) is 8.71. The van der Waals surface area contributed by atoms with Gasteiger partial charge in [-0.05, 0) is 40.1 Å². The lowest BCUT2D eigenvalue weighted by atomic mass is 10.0. The van der Waals surface area contributed by atoms with Crippen molar-refractivity contribution in [2.45, 2.75) is 6.04 Å². The highest BCUT2D eigenvalue weighted by atomic mass is 32.1. The van der Waals surface area contributed by atoms with Crippen LogP contribution in [0.25, 0.3) is 0 Å². The van der Waals surface area contributed by atoms with E-state index in [1.807, 2.05) is 29.0 Å². The van der Waals surface area contributed by atoms with E-state index in [9.17, 15) is 4.79 Å². The summed E-state index contributed by atoms with van der Waals surface area (Å²) < 4.78 is 4.64. The number of hydrogen-bond donors (Lipinski definition) is 1. The predicted octanol–water partition coefficient (Wildman–Crippen LogP) is 2.58. The molecular formula is C13H13NO2S. The minimum absolute atomic E-state index is 0.145. The fourth-order valence-corrected chi connectivity index (χ4v) is 2.29. The Labute approximate surface area is 104 Å². The van der Waals surface area contributed by atoms with E-state index in [2.05, 4.69) is 4.74 Å². The maximum absolute atomic E-state index is 11.3. The number of nitrogens with two attached hydrogens (primary N) is 1. The van der Waals surface area contributed by atoms with Gasteiger partial charge < -0.3 is 10.5 Å². The van der Waals surface area contributed by atoms with Gasteiger partial charge in [-0.2, -0.15) is 11.3 Å². The molecule has 0 bridgehead atoms. The molecule has 2 rings (SSSR count). The van der Waals surface area contributed by atoms with Crippen LogP contribution in [0.4, 0.5) is 0 Å². The Morgan fingerprint density at radius 1 is 1.24 bits per heavy atom. The predicted molar refractivity (Wildman–Crippen MR) is 68.1 cm³/mol. The fraction of sp³-hybridized carbons (Fsp3) is 0.154. The molecule has 0 aliphatic heterocycles. The van der Waals surface area contributed by atoms with Gasteiger partial charge in [0, 0.05) is 0 Å². The highest BCUT2D eigenvalue weighted by Crippen LogP contribution is 2.22. The lowest BCUT2D eigenvalue weighted by molar-refractivity contribution is 0.0600. The minimum atomic E-state index is -0.333. The van der Waals surface area contributed by atoms with E-state index < -0.39 is 0 Å². The molecule has 3 nitrogen and oxygen atoms in total. The van der Waals surface area contributed by atoms with Crippen molar-refractivity contribution in [3.05, 3.63) is 57.8 Å². The molecular weight excluding hydrogens is 234 g/mol. The van der Waals surface area contributed by atoms with Crippen LogP contribution in [0, 0.1) is 0 Å². The van der Waals surface area contributed by atoms with E-state index in [0.717, 1.165) is 11.1 Å². The van der Waals surface area contributed by atoms with E-state index in [0.29, 0.717) is 5.56 Å². The van der Waals surface area contributed by atoms with Gasteiger partial charge in [-0.15, -0.1) is 0 Å². The Morgan fingerprint density at radius 2 is 1.94 bits per heavy atom. The third kappa shape index (κ3) is 2.54. The molecule has 17 heavy (non-hydrogen) atoms. The summed E-state index contributed by atoms with van der Waals surface area (Å²) in [7, 11) is 1.37. The van der Waals surface area contributed by atoms with Crippen LogP contribution < -0.4 is 5.73 Å². The second kappa shape index (κ2) is 5.12. The Balaban J connectivity index is 2.21. The number of benzene rings is 1. The number of carbonyl (C=O) groups excluding carboxylic acids is 1. The Bertz CT molecular complexity index is 491. The summed E-state index contributed by atoms with van der Waals surface area (Å²) in [6, 6.07) is 9.03. The Hall–Kier alpha value is -1.65. The standard InChI is InChI=1S/C13H13NO2S/c1-16-13(15)10-4-2-9(3-5-10)12(14)11-6-7-17-8-11/h2-8,12H,14H2,1H3/t12-/m1/s1. The van der Waals surface area contributed by atoms with E-state index in [4.69, 9.17) is 5.73 Å². The molecule has 0 unspecified atom stereocenters. The number of methoxy groups -OCH3 is 1. The first-order valence-corrected chi connectivity index (χ1v) is 6.12. The van der Waals surface area contributed by atoms with Gasteiger partial charge >= 0.3 is 5.97 Å². The first kappa shape index (κ1) is 11.8. The summed E-state index contributed by atoms with van der Waals surface area (Å²) in [4.78, 5) is 11.3. The fourth-order valence-electron chi connectivity index (χ4n) is 1.59. The Kier molecular flexibility index (Phi) is 3.56. The van der Waals surface area contributed by atoms with Crippen molar-refractivity contribution in [2.24, 2.45) is 5.73 Å². The third-order valence-electron chi connectivity index (χ3n) is 2.59. The van der Waals surface area contributed by atoms with Crippen molar-refractivity contribution in [3.63, 3.8) is 0 Å². The zero-order chi connectivity index (χ0) is 12.3. The molecule has 0 aliphatic rings. The molecule has 0 amide bonds. The molecule has 1 heterocycles. The van der Waals surface area contributed by atoms with E-state index in [1.54, 1.807) is 23.5 Å². The normalized spacial score (nSPS) is 12.1. The van der Waals surface area contributed by atoms with E-state index >= 15 is 0 Å². The number of hydrogen-bond acceptors (Lipinski definition) is 4. The first-order chi connectivity index (χ1) is 8.22. The van der Waals surface area contributed by atoms with Crippen LogP contribution in [0.15, 0.2) is 41.1 Å². The van der Waals surface area contributed by atoms with Gasteiger partial charge in [0.05, 0.1) is 18.7 Å². The highest BCUT2D eigenvalue weighted by Gasteiger charge is 2.10. The van der Waals surface area contributed by atoms with Crippen molar-refractivity contribution in [1.29, 1.82) is 0 Å². The van der Waals surface area contributed by atoms with Crippen LogP contribution >= 0.6 is 11.3 Å². The monoisotopic (exact) mass is 247 g/mol. The molecule has 1 atom stereocenters. The van der Waals surface area contributed by atoms with Crippen LogP contribution in [0.3, 0.4) is 0 Å². The molecule has 4 heteroatoms. The zero-order valence-electron chi connectivity index (χ0n) is 9.42. The van der Waals surface area contributed by atoms with Gasteiger partial charge in [0.15, 0.2) is 0 Å². The zero-order valence-corrected chi connectivity index (χ0v) is 10.2. The largest absolute Gasteiger partial charge is 0.465 e. The maximum atomic E-state index is 11.3. The van der Waals surface area contributed by atoms with Gasteiger partial charge in [-0.3, -0.25) is 0 Å². The molecule has 2 N–H and O–H groups in total. The maximum Gasteiger partial charge on any atom is 0.337 e. The van der Waals surface area contributed by atoms with Crippen molar-refractivity contribution in [3.8, 4) is 0 Å². The average molecular weight is 247 g/mol. The molecule has 1 aromatic heterocycles. The van der Waals surface area contributed by atoms with E-state index in [-0.39, 0.29) is 12.0 Å². The van der Waals surface area contributed by atoms with Crippen LogP contribution in [-0.2, 0) is 4.74 Å². The van der Waals surface area contributed by atoms with Gasteiger partial charge in [0.1, 0.15) is 0 Å². The number of rotatable bonds is 3. The van der Waals surface area contributed by atoms with Crippen molar-refractivity contribution >= 4 is 17.3 Å². The summed E-state index contributed by atoms with van der Waals surface area (Å²) in [5, 5.41) is 4.02. The number of ether oxygens (including phenoxy) is 1. The second-order valence-electron chi connectivity index (χ2n) is 3.65. The highest BCUT2D eigenvalue weighted by molar-refractivity contribution is 7.08. The second-order valence-corrected chi connectivity index (χ2v) is 4.43. The van der Waals surface area contributed by atoms with Crippen molar-refractivity contribution in [2.75, 3.05) is 7.11 Å². The van der Waals surface area contributed by atoms with Gasteiger partial charge in [-0.1, -0.05) is 12.1 Å². The Morgan fingerprint density at radius 3 is 2.47 bits per heavy atom. The number of carbonyl (C=O) groups is 1. The first-order valence-electron chi connectivity index (χ1n) is 5.18. The van der Waals surface area contributed by atoms with Crippen molar-refractivity contribution < 1.29 is 9.53 Å².